The second-order valence-corrected chi connectivity index (χ2v) is 9.36. The summed E-state index contributed by atoms with van der Waals surface area (Å²) < 4.78 is 0. The first-order valence-corrected chi connectivity index (χ1v) is 12.1. The first kappa shape index (κ1) is 24.0. The number of aryl methyl sites for hydroxylation is 2. The Morgan fingerprint density at radius 2 is 0.811 bits per heavy atom. The molecule has 184 valence electrons. The van der Waals surface area contributed by atoms with Crippen molar-refractivity contribution in [2.75, 3.05) is 0 Å². The van der Waals surface area contributed by atoms with Crippen LogP contribution in [0.15, 0.2) is 103 Å². The molecule has 0 saturated carbocycles. The van der Waals surface area contributed by atoms with E-state index in [4.69, 9.17) is 0 Å². The lowest BCUT2D eigenvalue weighted by Gasteiger charge is -2.22. The summed E-state index contributed by atoms with van der Waals surface area (Å²) in [6.45, 7) is 4.15. The van der Waals surface area contributed by atoms with Gasteiger partial charge < -0.3 is 20.4 Å². The number of hydrogen-bond donors (Lipinski definition) is 4. The van der Waals surface area contributed by atoms with Gasteiger partial charge in [0, 0.05) is 28.2 Å². The molecule has 0 aromatic heterocycles. The number of aromatic hydroxyl groups is 4. The normalized spacial score (nSPS) is 11.1. The second-order valence-electron chi connectivity index (χ2n) is 9.36. The van der Waals surface area contributed by atoms with E-state index in [1.807, 2.05) is 36.4 Å². The number of phenols is 4. The molecule has 0 radical (unpaired) electrons. The molecule has 4 heteroatoms. The molecule has 5 aromatic rings. The van der Waals surface area contributed by atoms with Crippen LogP contribution in [0.2, 0.25) is 0 Å². The molecule has 37 heavy (non-hydrogen) atoms. The molecular formula is C33H28O4. The summed E-state index contributed by atoms with van der Waals surface area (Å²) in [5.74, 6) is 0.0809. The van der Waals surface area contributed by atoms with Crippen molar-refractivity contribution in [2.45, 2.75) is 19.8 Å². The van der Waals surface area contributed by atoms with Crippen molar-refractivity contribution in [3.05, 3.63) is 131 Å². The molecule has 0 bridgehead atoms. The third kappa shape index (κ3) is 4.62. The Kier molecular flexibility index (Phi) is 6.33. The molecule has 0 aliphatic carbocycles. The molecule has 5 aromatic carbocycles. The fraction of sp³-hybridized carbons (Fsp3) is 0.0909. The van der Waals surface area contributed by atoms with Crippen LogP contribution >= 0.6 is 0 Å². The Balaban J connectivity index is 1.73. The van der Waals surface area contributed by atoms with E-state index in [-0.39, 0.29) is 28.9 Å². The van der Waals surface area contributed by atoms with Crippen molar-refractivity contribution in [3.8, 4) is 45.3 Å². The lowest BCUT2D eigenvalue weighted by molar-refractivity contribution is 0.468. The highest BCUT2D eigenvalue weighted by Crippen LogP contribution is 2.43. The predicted octanol–water partition coefficient (Wildman–Crippen LogP) is 7.64. The minimum atomic E-state index is -0.241. The van der Waals surface area contributed by atoms with E-state index in [0.29, 0.717) is 22.3 Å². The Morgan fingerprint density at radius 3 is 1.27 bits per heavy atom. The number of hydrogen-bond acceptors (Lipinski definition) is 4. The van der Waals surface area contributed by atoms with Crippen LogP contribution in [0.1, 0.15) is 33.7 Å². The summed E-state index contributed by atoms with van der Waals surface area (Å²) in [7, 11) is 0. The molecule has 0 fully saturated rings. The van der Waals surface area contributed by atoms with E-state index in [1.165, 1.54) is 5.56 Å². The zero-order valence-electron chi connectivity index (χ0n) is 20.7. The first-order valence-electron chi connectivity index (χ1n) is 12.1. The van der Waals surface area contributed by atoms with Gasteiger partial charge in [0.05, 0.1) is 0 Å². The van der Waals surface area contributed by atoms with E-state index in [9.17, 15) is 20.4 Å². The number of benzene rings is 5. The topological polar surface area (TPSA) is 80.9 Å². The van der Waals surface area contributed by atoms with Crippen molar-refractivity contribution in [2.24, 2.45) is 0 Å². The van der Waals surface area contributed by atoms with Gasteiger partial charge in [0.1, 0.15) is 23.0 Å². The van der Waals surface area contributed by atoms with Crippen LogP contribution in [0, 0.1) is 13.8 Å². The molecule has 0 amide bonds. The van der Waals surface area contributed by atoms with Crippen LogP contribution in [0.4, 0.5) is 0 Å². The summed E-state index contributed by atoms with van der Waals surface area (Å²) in [6, 6.07) is 31.1. The van der Waals surface area contributed by atoms with Crippen molar-refractivity contribution >= 4 is 0 Å². The molecule has 0 aliphatic heterocycles. The maximum absolute atomic E-state index is 10.7. The van der Waals surface area contributed by atoms with Gasteiger partial charge in [0.15, 0.2) is 0 Å². The molecule has 0 atom stereocenters. The van der Waals surface area contributed by atoms with Crippen LogP contribution in [0.25, 0.3) is 22.3 Å². The van der Waals surface area contributed by atoms with Gasteiger partial charge >= 0.3 is 0 Å². The minimum absolute atomic E-state index is 0.0738. The van der Waals surface area contributed by atoms with Gasteiger partial charge in [-0.05, 0) is 78.1 Å². The summed E-state index contributed by atoms with van der Waals surface area (Å²) in [6.07, 6.45) is 0. The maximum Gasteiger partial charge on any atom is 0.123 e. The molecular weight excluding hydrogens is 460 g/mol. The first-order chi connectivity index (χ1) is 17.8. The number of phenolic OH excluding ortho intramolecular Hbond substituents is 4. The number of rotatable bonds is 5. The Hall–Kier alpha value is -4.70. The van der Waals surface area contributed by atoms with Crippen molar-refractivity contribution in [3.63, 3.8) is 0 Å². The standard InChI is InChI=1S/C33H28O4/c1-20-11-12-22(17-21(20)2)33(23-13-15-31(36)27(18-23)25-7-3-5-9-29(25)34)24-14-16-32(37)28(19-24)26-8-4-6-10-30(26)35/h3-19,33-37H,1-2H3. The summed E-state index contributed by atoms with van der Waals surface area (Å²) in [4.78, 5) is 0. The SMILES string of the molecule is Cc1ccc(C(c2ccc(O)c(-c3ccccc3O)c2)c2ccc(O)c(-c3ccccc3O)c2)cc1C. The molecule has 0 saturated heterocycles. The predicted molar refractivity (Wildman–Crippen MR) is 147 cm³/mol. The lowest BCUT2D eigenvalue weighted by Crippen LogP contribution is -2.05. The molecule has 0 unspecified atom stereocenters. The minimum Gasteiger partial charge on any atom is -0.507 e. The van der Waals surface area contributed by atoms with Gasteiger partial charge in [-0.1, -0.05) is 66.7 Å². The number of para-hydroxylation sites is 2. The highest BCUT2D eigenvalue weighted by Gasteiger charge is 2.22. The second kappa shape index (κ2) is 9.75. The van der Waals surface area contributed by atoms with Crippen molar-refractivity contribution in [1.82, 2.24) is 0 Å². The third-order valence-corrected chi connectivity index (χ3v) is 6.96. The monoisotopic (exact) mass is 488 g/mol. The fourth-order valence-electron chi connectivity index (χ4n) is 4.82. The molecule has 0 aliphatic rings. The zero-order chi connectivity index (χ0) is 26.1. The van der Waals surface area contributed by atoms with E-state index in [0.717, 1.165) is 22.3 Å². The lowest BCUT2D eigenvalue weighted by atomic mass is 9.82. The van der Waals surface area contributed by atoms with Gasteiger partial charge in [0.25, 0.3) is 0 Å². The average molecular weight is 489 g/mol. The van der Waals surface area contributed by atoms with Crippen LogP contribution in [0.5, 0.6) is 23.0 Å². The van der Waals surface area contributed by atoms with Crippen molar-refractivity contribution in [1.29, 1.82) is 0 Å². The zero-order valence-corrected chi connectivity index (χ0v) is 20.7. The summed E-state index contributed by atoms with van der Waals surface area (Å²) >= 11 is 0. The van der Waals surface area contributed by atoms with Crippen LogP contribution in [0.3, 0.4) is 0 Å². The highest BCUT2D eigenvalue weighted by molar-refractivity contribution is 5.78. The Morgan fingerprint density at radius 1 is 0.405 bits per heavy atom. The molecule has 5 rings (SSSR count). The largest absolute Gasteiger partial charge is 0.507 e. The molecule has 0 heterocycles. The van der Waals surface area contributed by atoms with Gasteiger partial charge in [-0.25, -0.2) is 0 Å². The molecule has 4 N–H and O–H groups in total. The fourth-order valence-corrected chi connectivity index (χ4v) is 4.82. The van der Waals surface area contributed by atoms with Gasteiger partial charge in [-0.3, -0.25) is 0 Å². The summed E-state index contributed by atoms with van der Waals surface area (Å²) in [5.41, 5.74) is 7.36. The molecule has 0 spiro atoms. The van der Waals surface area contributed by atoms with Gasteiger partial charge in [-0.15, -0.1) is 0 Å². The van der Waals surface area contributed by atoms with Crippen molar-refractivity contribution < 1.29 is 20.4 Å². The van der Waals surface area contributed by atoms with E-state index >= 15 is 0 Å². The van der Waals surface area contributed by atoms with E-state index in [2.05, 4.69) is 32.0 Å². The Labute approximate surface area is 216 Å². The van der Waals surface area contributed by atoms with Gasteiger partial charge in [-0.2, -0.15) is 0 Å². The highest BCUT2D eigenvalue weighted by atomic mass is 16.3. The van der Waals surface area contributed by atoms with Crippen LogP contribution in [-0.4, -0.2) is 20.4 Å². The van der Waals surface area contributed by atoms with E-state index in [1.54, 1.807) is 48.5 Å². The van der Waals surface area contributed by atoms with E-state index < -0.39 is 0 Å². The molecule has 4 nitrogen and oxygen atoms in total. The smallest absolute Gasteiger partial charge is 0.123 e. The third-order valence-electron chi connectivity index (χ3n) is 6.96. The summed E-state index contributed by atoms with van der Waals surface area (Å²) in [5, 5.41) is 42.4. The van der Waals surface area contributed by atoms with Crippen LogP contribution in [-0.2, 0) is 0 Å². The van der Waals surface area contributed by atoms with Crippen LogP contribution < -0.4 is 0 Å². The quantitative estimate of drug-likeness (QED) is 0.192. The Bertz CT molecular complexity index is 1510. The van der Waals surface area contributed by atoms with Gasteiger partial charge in [0.2, 0.25) is 0 Å². The average Bonchev–Trinajstić information content (AvgIpc) is 2.89. The maximum atomic E-state index is 10.7.